The van der Waals surface area contributed by atoms with E-state index < -0.39 is 5.69 Å². The second kappa shape index (κ2) is 3.59. The van der Waals surface area contributed by atoms with E-state index in [0.717, 1.165) is 5.01 Å². The van der Waals surface area contributed by atoms with Crippen LogP contribution in [0.3, 0.4) is 0 Å². The minimum Gasteiger partial charge on any atom is -0.294 e. The van der Waals surface area contributed by atoms with E-state index in [2.05, 4.69) is 9.97 Å². The molecule has 2 rings (SSSR count). The fourth-order valence-corrected chi connectivity index (χ4v) is 1.66. The van der Waals surface area contributed by atoms with Crippen molar-refractivity contribution in [2.45, 2.75) is 6.54 Å². The topological polar surface area (TPSA) is 67.8 Å². The smallest absolute Gasteiger partial charge is 0.294 e. The normalized spacial score (nSPS) is 10.3. The molecule has 72 valence electrons. The van der Waals surface area contributed by atoms with Crippen LogP contribution in [-0.2, 0) is 6.54 Å². The lowest BCUT2D eigenvalue weighted by molar-refractivity contribution is 0.716. The van der Waals surface area contributed by atoms with Gasteiger partial charge in [0.2, 0.25) is 0 Å². The number of hydrogen-bond donors (Lipinski definition) is 1. The second-order valence-corrected chi connectivity index (χ2v) is 3.64. The van der Waals surface area contributed by atoms with E-state index in [1.165, 1.54) is 28.2 Å². The van der Waals surface area contributed by atoms with Crippen LogP contribution >= 0.6 is 11.3 Å². The van der Waals surface area contributed by atoms with Gasteiger partial charge in [-0.1, -0.05) is 0 Å². The fraction of sp³-hybridized carbons (Fsp3) is 0.125. The van der Waals surface area contributed by atoms with Crippen molar-refractivity contribution in [2.75, 3.05) is 0 Å². The summed E-state index contributed by atoms with van der Waals surface area (Å²) >= 11 is 1.47. The molecule has 0 amide bonds. The van der Waals surface area contributed by atoms with Crippen LogP contribution in [0.25, 0.3) is 0 Å². The minimum atomic E-state index is -0.410. The number of rotatable bonds is 2. The highest BCUT2D eigenvalue weighted by Gasteiger charge is 1.99. The van der Waals surface area contributed by atoms with Gasteiger partial charge in [-0.25, -0.2) is 9.78 Å². The number of nitrogens with zero attached hydrogens (tertiary/aromatic N) is 2. The van der Waals surface area contributed by atoms with Gasteiger partial charge in [0, 0.05) is 23.8 Å². The van der Waals surface area contributed by atoms with Crippen molar-refractivity contribution in [1.82, 2.24) is 14.5 Å². The van der Waals surface area contributed by atoms with E-state index in [1.54, 1.807) is 6.20 Å². The van der Waals surface area contributed by atoms with Crippen LogP contribution in [-0.4, -0.2) is 14.5 Å². The zero-order chi connectivity index (χ0) is 9.97. The van der Waals surface area contributed by atoms with E-state index in [1.807, 2.05) is 5.38 Å². The number of nitrogens with one attached hydrogen (secondary N) is 1. The minimum absolute atomic E-state index is 0.384. The number of aromatic nitrogens is 3. The molecular formula is C8H7N3O2S. The third-order valence-electron chi connectivity index (χ3n) is 1.69. The predicted molar refractivity (Wildman–Crippen MR) is 52.5 cm³/mol. The largest absolute Gasteiger partial charge is 0.328 e. The van der Waals surface area contributed by atoms with Crippen LogP contribution in [0.5, 0.6) is 0 Å². The number of hydrogen-bond acceptors (Lipinski definition) is 4. The molecule has 0 aromatic carbocycles. The van der Waals surface area contributed by atoms with Gasteiger partial charge in [-0.05, 0) is 0 Å². The maximum atomic E-state index is 11.3. The van der Waals surface area contributed by atoms with Crippen molar-refractivity contribution in [3.8, 4) is 0 Å². The van der Waals surface area contributed by atoms with Crippen LogP contribution in [0, 0.1) is 0 Å². The van der Waals surface area contributed by atoms with Crippen molar-refractivity contribution in [3.63, 3.8) is 0 Å². The summed E-state index contributed by atoms with van der Waals surface area (Å²) in [6, 6.07) is 1.31. The Morgan fingerprint density at radius 3 is 3.00 bits per heavy atom. The first kappa shape index (κ1) is 8.89. The Morgan fingerprint density at radius 2 is 2.36 bits per heavy atom. The van der Waals surface area contributed by atoms with Crippen LogP contribution in [0.4, 0.5) is 0 Å². The van der Waals surface area contributed by atoms with Crippen molar-refractivity contribution < 1.29 is 0 Å². The summed E-state index contributed by atoms with van der Waals surface area (Å²) < 4.78 is 1.40. The average Bonchev–Trinajstić information content (AvgIpc) is 2.62. The van der Waals surface area contributed by atoms with Crippen LogP contribution in [0.15, 0.2) is 33.4 Å². The van der Waals surface area contributed by atoms with E-state index in [4.69, 9.17) is 0 Å². The zero-order valence-corrected chi connectivity index (χ0v) is 7.95. The molecule has 0 aliphatic heterocycles. The predicted octanol–water partition coefficient (Wildman–Crippen LogP) is 0.0414. The van der Waals surface area contributed by atoms with E-state index in [-0.39, 0.29) is 5.56 Å². The lowest BCUT2D eigenvalue weighted by atomic mass is 10.6. The molecule has 1 N–H and O–H groups in total. The Kier molecular flexibility index (Phi) is 2.28. The molecule has 0 spiro atoms. The van der Waals surface area contributed by atoms with Crippen molar-refractivity contribution in [3.05, 3.63) is 49.7 Å². The highest BCUT2D eigenvalue weighted by Crippen LogP contribution is 2.03. The molecular weight excluding hydrogens is 202 g/mol. The lowest BCUT2D eigenvalue weighted by Gasteiger charge is -1.99. The van der Waals surface area contributed by atoms with E-state index in [0.29, 0.717) is 6.54 Å². The van der Waals surface area contributed by atoms with Gasteiger partial charge in [0.1, 0.15) is 5.01 Å². The molecule has 5 nitrogen and oxygen atoms in total. The van der Waals surface area contributed by atoms with Gasteiger partial charge in [0.15, 0.2) is 0 Å². The number of thiazole rings is 1. The maximum Gasteiger partial charge on any atom is 0.328 e. The molecule has 2 aromatic heterocycles. The first-order valence-corrected chi connectivity index (χ1v) is 4.82. The van der Waals surface area contributed by atoms with Gasteiger partial charge in [0.05, 0.1) is 6.54 Å². The first-order chi connectivity index (χ1) is 6.75. The molecule has 0 saturated heterocycles. The quantitative estimate of drug-likeness (QED) is 0.759. The SMILES string of the molecule is O=c1ccn(Cc2nccs2)c(=O)[nH]1. The lowest BCUT2D eigenvalue weighted by Crippen LogP contribution is -2.28. The highest BCUT2D eigenvalue weighted by molar-refractivity contribution is 7.09. The molecule has 0 aliphatic rings. The summed E-state index contributed by atoms with van der Waals surface area (Å²) in [4.78, 5) is 28.2. The molecule has 0 radical (unpaired) electrons. The number of H-pyrrole nitrogens is 1. The summed E-state index contributed by atoms with van der Waals surface area (Å²) in [6.07, 6.45) is 3.14. The monoisotopic (exact) mass is 209 g/mol. The van der Waals surface area contributed by atoms with Gasteiger partial charge >= 0.3 is 5.69 Å². The van der Waals surface area contributed by atoms with Crippen molar-refractivity contribution >= 4 is 11.3 Å². The molecule has 0 saturated carbocycles. The highest BCUT2D eigenvalue weighted by atomic mass is 32.1. The Morgan fingerprint density at radius 1 is 1.50 bits per heavy atom. The fourth-order valence-electron chi connectivity index (χ4n) is 1.05. The standard InChI is InChI=1S/C8H7N3O2S/c12-6-1-3-11(8(13)10-6)5-7-9-2-4-14-7/h1-4H,5H2,(H,10,12,13). The van der Waals surface area contributed by atoms with Gasteiger partial charge in [-0.15, -0.1) is 11.3 Å². The van der Waals surface area contributed by atoms with Gasteiger partial charge in [-0.2, -0.15) is 0 Å². The van der Waals surface area contributed by atoms with Gasteiger partial charge < -0.3 is 0 Å². The summed E-state index contributed by atoms with van der Waals surface area (Å²) in [5.41, 5.74) is -0.793. The Balaban J connectivity index is 2.35. The molecule has 0 bridgehead atoms. The van der Waals surface area contributed by atoms with E-state index >= 15 is 0 Å². The molecule has 6 heteroatoms. The van der Waals surface area contributed by atoms with Gasteiger partial charge in [0.25, 0.3) is 5.56 Å². The summed E-state index contributed by atoms with van der Waals surface area (Å²) in [5.74, 6) is 0. The second-order valence-electron chi connectivity index (χ2n) is 2.66. The molecule has 0 unspecified atom stereocenters. The molecule has 14 heavy (non-hydrogen) atoms. The zero-order valence-electron chi connectivity index (χ0n) is 7.14. The molecule has 2 heterocycles. The summed E-state index contributed by atoms with van der Waals surface area (Å²) in [6.45, 7) is 0.396. The summed E-state index contributed by atoms with van der Waals surface area (Å²) in [7, 11) is 0. The average molecular weight is 209 g/mol. The third kappa shape index (κ3) is 1.80. The van der Waals surface area contributed by atoms with Crippen LogP contribution < -0.4 is 11.2 Å². The molecule has 0 aliphatic carbocycles. The van der Waals surface area contributed by atoms with Crippen LogP contribution in [0.2, 0.25) is 0 Å². The Labute approximate surface area is 82.7 Å². The van der Waals surface area contributed by atoms with Gasteiger partial charge in [-0.3, -0.25) is 14.3 Å². The van der Waals surface area contributed by atoms with Crippen LogP contribution in [0.1, 0.15) is 5.01 Å². The Hall–Kier alpha value is -1.69. The van der Waals surface area contributed by atoms with Crippen molar-refractivity contribution in [1.29, 1.82) is 0 Å². The molecule has 0 fully saturated rings. The van der Waals surface area contributed by atoms with Crippen molar-refractivity contribution in [2.24, 2.45) is 0 Å². The first-order valence-electron chi connectivity index (χ1n) is 3.94. The Bertz CT molecular complexity index is 526. The third-order valence-corrected chi connectivity index (χ3v) is 2.45. The van der Waals surface area contributed by atoms with E-state index in [9.17, 15) is 9.59 Å². The summed E-state index contributed by atoms with van der Waals surface area (Å²) in [5, 5.41) is 2.67. The molecule has 2 aromatic rings. The maximum absolute atomic E-state index is 11.3. The number of aromatic amines is 1. The molecule has 0 atom stereocenters.